The molecule has 21 heavy (non-hydrogen) atoms. The molecule has 1 aromatic heterocycles. The number of carbonyl (C=O) groups is 1. The smallest absolute Gasteiger partial charge is 0.286 e. The minimum absolute atomic E-state index is 0.237. The second kappa shape index (κ2) is 5.64. The van der Waals surface area contributed by atoms with Crippen LogP contribution in [-0.2, 0) is 0 Å². The third-order valence-electron chi connectivity index (χ3n) is 5.14. The van der Waals surface area contributed by atoms with Gasteiger partial charge in [0.2, 0.25) is 0 Å². The van der Waals surface area contributed by atoms with Crippen LogP contribution in [0.5, 0.6) is 0 Å². The fourth-order valence-corrected chi connectivity index (χ4v) is 3.64. The maximum Gasteiger partial charge on any atom is 0.286 e. The van der Waals surface area contributed by atoms with Crippen LogP contribution in [0.25, 0.3) is 10.9 Å². The van der Waals surface area contributed by atoms with Crippen molar-refractivity contribution < 1.29 is 9.69 Å². The summed E-state index contributed by atoms with van der Waals surface area (Å²) in [5.74, 6) is 0.237. The van der Waals surface area contributed by atoms with Gasteiger partial charge in [-0.2, -0.15) is 0 Å². The number of rotatable bonds is 2. The van der Waals surface area contributed by atoms with Crippen LogP contribution >= 0.6 is 0 Å². The number of fused-ring (bicyclic) bond motifs is 1. The van der Waals surface area contributed by atoms with E-state index in [0.717, 1.165) is 17.8 Å². The first-order chi connectivity index (χ1) is 10.1. The highest BCUT2D eigenvalue weighted by molar-refractivity contribution is 5.96. The van der Waals surface area contributed by atoms with Crippen molar-refractivity contribution in [2.24, 2.45) is 0 Å². The van der Waals surface area contributed by atoms with Gasteiger partial charge in [-0.1, -0.05) is 18.2 Å². The van der Waals surface area contributed by atoms with Gasteiger partial charge in [0.05, 0.1) is 18.1 Å². The summed E-state index contributed by atoms with van der Waals surface area (Å²) < 4.78 is 1.93. The molecule has 0 bridgehead atoms. The van der Waals surface area contributed by atoms with Crippen molar-refractivity contribution in [3.8, 4) is 0 Å². The lowest BCUT2D eigenvalue weighted by molar-refractivity contribution is -0.920. The SMILES string of the molecule is Cc1c(C)n(C(=O)C[NH+]2CCCCC2C)c2ccccc12. The molecule has 3 heteroatoms. The molecule has 1 fully saturated rings. The molecule has 0 radical (unpaired) electrons. The largest absolute Gasteiger partial charge is 0.325 e. The van der Waals surface area contributed by atoms with E-state index >= 15 is 0 Å². The maximum atomic E-state index is 12.8. The van der Waals surface area contributed by atoms with Gasteiger partial charge in [-0.15, -0.1) is 0 Å². The average Bonchev–Trinajstić information content (AvgIpc) is 2.74. The Kier molecular flexibility index (Phi) is 3.85. The molecule has 1 aliphatic rings. The minimum atomic E-state index is 0.237. The summed E-state index contributed by atoms with van der Waals surface area (Å²) in [7, 11) is 0. The number of aromatic nitrogens is 1. The molecule has 3 nitrogen and oxygen atoms in total. The van der Waals surface area contributed by atoms with Crippen molar-refractivity contribution >= 4 is 16.8 Å². The van der Waals surface area contributed by atoms with Crippen LogP contribution in [0, 0.1) is 13.8 Å². The third-order valence-corrected chi connectivity index (χ3v) is 5.14. The van der Waals surface area contributed by atoms with Crippen LogP contribution in [-0.4, -0.2) is 29.6 Å². The number of nitrogens with zero attached hydrogens (tertiary/aromatic N) is 1. The monoisotopic (exact) mass is 285 g/mol. The molecular formula is C18H25N2O+. The van der Waals surface area contributed by atoms with Crippen LogP contribution in [0.4, 0.5) is 0 Å². The van der Waals surface area contributed by atoms with Gasteiger partial charge in [0.25, 0.3) is 5.91 Å². The summed E-state index contributed by atoms with van der Waals surface area (Å²) in [5.41, 5.74) is 3.37. The van der Waals surface area contributed by atoms with Gasteiger partial charge in [0.1, 0.15) is 0 Å². The van der Waals surface area contributed by atoms with E-state index in [1.807, 2.05) is 16.7 Å². The van der Waals surface area contributed by atoms with Crippen LogP contribution < -0.4 is 4.90 Å². The minimum Gasteiger partial charge on any atom is -0.325 e. The zero-order valence-electron chi connectivity index (χ0n) is 13.3. The Morgan fingerprint density at radius 2 is 2.05 bits per heavy atom. The van der Waals surface area contributed by atoms with E-state index in [9.17, 15) is 4.79 Å². The van der Waals surface area contributed by atoms with Crippen molar-refractivity contribution in [3.05, 3.63) is 35.5 Å². The van der Waals surface area contributed by atoms with Crippen molar-refractivity contribution in [2.75, 3.05) is 13.1 Å². The number of likely N-dealkylation sites (tertiary alicyclic amines) is 1. The second-order valence-corrected chi connectivity index (χ2v) is 6.44. The van der Waals surface area contributed by atoms with Crippen LogP contribution in [0.3, 0.4) is 0 Å². The van der Waals surface area contributed by atoms with E-state index < -0.39 is 0 Å². The van der Waals surface area contributed by atoms with Crippen molar-refractivity contribution in [3.63, 3.8) is 0 Å². The first kappa shape index (κ1) is 14.3. The van der Waals surface area contributed by atoms with Gasteiger partial charge >= 0.3 is 0 Å². The van der Waals surface area contributed by atoms with Crippen molar-refractivity contribution in [1.82, 2.24) is 4.57 Å². The lowest BCUT2D eigenvalue weighted by Gasteiger charge is -2.29. The Morgan fingerprint density at radius 1 is 1.29 bits per heavy atom. The number of carbonyl (C=O) groups excluding carboxylic acids is 1. The van der Waals surface area contributed by atoms with Gasteiger partial charge in [0, 0.05) is 11.1 Å². The van der Waals surface area contributed by atoms with E-state index in [0.29, 0.717) is 12.6 Å². The number of hydrogen-bond donors (Lipinski definition) is 1. The van der Waals surface area contributed by atoms with Gasteiger partial charge < -0.3 is 4.90 Å². The van der Waals surface area contributed by atoms with Gasteiger partial charge in [-0.3, -0.25) is 9.36 Å². The fourth-order valence-electron chi connectivity index (χ4n) is 3.64. The molecule has 1 aliphatic heterocycles. The summed E-state index contributed by atoms with van der Waals surface area (Å²) >= 11 is 0. The summed E-state index contributed by atoms with van der Waals surface area (Å²) in [6.45, 7) is 8.18. The van der Waals surface area contributed by atoms with Crippen LogP contribution in [0.2, 0.25) is 0 Å². The number of benzene rings is 1. The molecule has 3 rings (SSSR count). The first-order valence-electron chi connectivity index (χ1n) is 8.04. The standard InChI is InChI=1S/C18H24N2O/c1-13-8-6-7-11-19(13)12-18(21)20-15(3)14(2)16-9-4-5-10-17(16)20/h4-5,9-10,13H,6-8,11-12H2,1-3H3/p+1. The molecule has 0 spiro atoms. The normalized spacial score (nSPS) is 22.6. The van der Waals surface area contributed by atoms with E-state index in [1.54, 1.807) is 0 Å². The fraction of sp³-hybridized carbons (Fsp3) is 0.500. The molecule has 1 N–H and O–H groups in total. The number of hydrogen-bond acceptors (Lipinski definition) is 1. The number of aryl methyl sites for hydroxylation is 1. The summed E-state index contributed by atoms with van der Waals surface area (Å²) in [6.07, 6.45) is 3.80. The van der Waals surface area contributed by atoms with Crippen molar-refractivity contribution in [2.45, 2.75) is 46.1 Å². The van der Waals surface area contributed by atoms with Gasteiger partial charge in [-0.05, 0) is 51.7 Å². The lowest BCUT2D eigenvalue weighted by Crippen LogP contribution is -3.17. The maximum absolute atomic E-state index is 12.8. The van der Waals surface area contributed by atoms with E-state index in [-0.39, 0.29) is 5.91 Å². The van der Waals surface area contributed by atoms with E-state index in [1.165, 1.54) is 35.1 Å². The molecule has 1 aromatic carbocycles. The number of para-hydroxylation sites is 1. The summed E-state index contributed by atoms with van der Waals surface area (Å²) in [6, 6.07) is 8.83. The Labute approximate surface area is 126 Å². The molecule has 112 valence electrons. The van der Waals surface area contributed by atoms with Crippen LogP contribution in [0.1, 0.15) is 42.2 Å². The number of nitrogens with one attached hydrogen (secondary N) is 1. The Morgan fingerprint density at radius 3 is 2.81 bits per heavy atom. The van der Waals surface area contributed by atoms with Crippen molar-refractivity contribution in [1.29, 1.82) is 0 Å². The van der Waals surface area contributed by atoms with E-state index in [2.05, 4.69) is 32.9 Å². The molecule has 1 saturated heterocycles. The lowest BCUT2D eigenvalue weighted by atomic mass is 10.0. The zero-order chi connectivity index (χ0) is 15.0. The molecule has 2 unspecified atom stereocenters. The molecule has 2 heterocycles. The predicted molar refractivity (Wildman–Crippen MR) is 86.0 cm³/mol. The van der Waals surface area contributed by atoms with Crippen LogP contribution in [0.15, 0.2) is 24.3 Å². The Balaban J connectivity index is 1.93. The Bertz CT molecular complexity index is 671. The van der Waals surface area contributed by atoms with Gasteiger partial charge in [0.15, 0.2) is 6.54 Å². The predicted octanol–water partition coefficient (Wildman–Crippen LogP) is 2.36. The molecule has 0 aliphatic carbocycles. The average molecular weight is 285 g/mol. The molecule has 2 aromatic rings. The molecule has 0 amide bonds. The first-order valence-corrected chi connectivity index (χ1v) is 8.04. The third kappa shape index (κ3) is 2.51. The van der Waals surface area contributed by atoms with Gasteiger partial charge in [-0.25, -0.2) is 0 Å². The highest BCUT2D eigenvalue weighted by Crippen LogP contribution is 2.24. The Hall–Kier alpha value is -1.61. The number of piperidine rings is 1. The quantitative estimate of drug-likeness (QED) is 0.901. The highest BCUT2D eigenvalue weighted by atomic mass is 16.2. The van der Waals surface area contributed by atoms with E-state index in [4.69, 9.17) is 0 Å². The molecule has 0 saturated carbocycles. The summed E-state index contributed by atoms with van der Waals surface area (Å²) in [5, 5.41) is 1.20. The topological polar surface area (TPSA) is 26.4 Å². The number of quaternary nitrogens is 1. The zero-order valence-corrected chi connectivity index (χ0v) is 13.3. The highest BCUT2D eigenvalue weighted by Gasteiger charge is 2.26. The molecule has 2 atom stereocenters. The molecular weight excluding hydrogens is 260 g/mol. The summed E-state index contributed by atoms with van der Waals surface area (Å²) in [4.78, 5) is 14.3. The second-order valence-electron chi connectivity index (χ2n) is 6.44.